The van der Waals surface area contributed by atoms with E-state index >= 15 is 0 Å². The highest BCUT2D eigenvalue weighted by molar-refractivity contribution is 7.80. The number of hydrogen-bond acceptors (Lipinski definition) is 2. The zero-order chi connectivity index (χ0) is 10.8. The second kappa shape index (κ2) is 4.45. The summed E-state index contributed by atoms with van der Waals surface area (Å²) >= 11 is 10.3. The minimum atomic E-state index is 0.141. The van der Waals surface area contributed by atoms with Gasteiger partial charge in [-0.3, -0.25) is 4.79 Å². The molecule has 0 N–H and O–H groups in total. The van der Waals surface area contributed by atoms with Crippen molar-refractivity contribution in [2.24, 2.45) is 5.92 Å². The van der Waals surface area contributed by atoms with E-state index in [4.69, 9.17) is 11.6 Å². The molecule has 1 aliphatic rings. The van der Waals surface area contributed by atoms with Crippen molar-refractivity contribution in [1.29, 1.82) is 0 Å². The second-order valence-electron chi connectivity index (χ2n) is 3.71. The Morgan fingerprint density at radius 1 is 1.47 bits per heavy atom. The van der Waals surface area contributed by atoms with Crippen LogP contribution in [0.4, 0.5) is 5.69 Å². The van der Waals surface area contributed by atoms with E-state index in [1.165, 1.54) is 0 Å². The Morgan fingerprint density at radius 2 is 2.20 bits per heavy atom. The number of rotatable bonds is 2. The van der Waals surface area contributed by atoms with Gasteiger partial charge in [-0.1, -0.05) is 23.7 Å². The molecule has 2 nitrogen and oxygen atoms in total. The molecule has 1 saturated heterocycles. The fourth-order valence-electron chi connectivity index (χ4n) is 1.81. The van der Waals surface area contributed by atoms with Gasteiger partial charge in [-0.15, -0.1) is 0 Å². The number of benzene rings is 1. The first kappa shape index (κ1) is 10.8. The van der Waals surface area contributed by atoms with Crippen LogP contribution in [-0.2, 0) is 4.79 Å². The SMILES string of the molecule is O=C1CC(CS)CN1c1ccccc1Cl. The molecule has 1 atom stereocenters. The predicted molar refractivity (Wildman–Crippen MR) is 65.8 cm³/mol. The normalized spacial score (nSPS) is 21.1. The molecule has 0 saturated carbocycles. The Kier molecular flexibility index (Phi) is 3.22. The summed E-state index contributed by atoms with van der Waals surface area (Å²) in [7, 11) is 0. The number of amides is 1. The largest absolute Gasteiger partial charge is 0.311 e. The third-order valence-corrected chi connectivity index (χ3v) is 3.44. The fourth-order valence-corrected chi connectivity index (χ4v) is 2.29. The number of anilines is 1. The molecule has 4 heteroatoms. The number of hydrogen-bond donors (Lipinski definition) is 1. The number of para-hydroxylation sites is 1. The van der Waals surface area contributed by atoms with Crippen LogP contribution in [0, 0.1) is 5.92 Å². The third-order valence-electron chi connectivity index (χ3n) is 2.61. The number of halogens is 1. The first-order valence-electron chi connectivity index (χ1n) is 4.88. The molecule has 80 valence electrons. The summed E-state index contributed by atoms with van der Waals surface area (Å²) < 4.78 is 0. The summed E-state index contributed by atoms with van der Waals surface area (Å²) in [6.45, 7) is 0.728. The van der Waals surface area contributed by atoms with Gasteiger partial charge < -0.3 is 4.90 Å². The maximum Gasteiger partial charge on any atom is 0.227 e. The number of carbonyl (C=O) groups excluding carboxylic acids is 1. The highest BCUT2D eigenvalue weighted by atomic mass is 35.5. The Morgan fingerprint density at radius 3 is 2.80 bits per heavy atom. The van der Waals surface area contributed by atoms with Crippen LogP contribution in [-0.4, -0.2) is 18.2 Å². The minimum absolute atomic E-state index is 0.141. The highest BCUT2D eigenvalue weighted by Crippen LogP contribution is 2.31. The smallest absolute Gasteiger partial charge is 0.227 e. The zero-order valence-corrected chi connectivity index (χ0v) is 9.84. The van der Waals surface area contributed by atoms with E-state index in [1.54, 1.807) is 11.0 Å². The van der Waals surface area contributed by atoms with Crippen molar-refractivity contribution in [3.63, 3.8) is 0 Å². The monoisotopic (exact) mass is 241 g/mol. The van der Waals surface area contributed by atoms with Crippen molar-refractivity contribution in [2.45, 2.75) is 6.42 Å². The molecule has 1 aromatic carbocycles. The Hall–Kier alpha value is -0.670. The number of nitrogens with zero attached hydrogens (tertiary/aromatic N) is 1. The molecule has 1 unspecified atom stereocenters. The molecule has 1 fully saturated rings. The van der Waals surface area contributed by atoms with Crippen LogP contribution < -0.4 is 4.90 Å². The van der Waals surface area contributed by atoms with Gasteiger partial charge in [0.05, 0.1) is 10.7 Å². The second-order valence-corrected chi connectivity index (χ2v) is 4.48. The molecular weight excluding hydrogens is 230 g/mol. The standard InChI is InChI=1S/C11H12ClNOS/c12-9-3-1-2-4-10(9)13-6-8(7-15)5-11(13)14/h1-4,8,15H,5-7H2. The van der Waals surface area contributed by atoms with E-state index in [2.05, 4.69) is 12.6 Å². The highest BCUT2D eigenvalue weighted by Gasteiger charge is 2.30. The molecule has 0 aromatic heterocycles. The van der Waals surface area contributed by atoms with E-state index in [-0.39, 0.29) is 5.91 Å². The van der Waals surface area contributed by atoms with Crippen molar-refractivity contribution in [1.82, 2.24) is 0 Å². The van der Waals surface area contributed by atoms with Gasteiger partial charge in [-0.25, -0.2) is 0 Å². The molecule has 2 rings (SSSR count). The lowest BCUT2D eigenvalue weighted by molar-refractivity contribution is -0.117. The maximum absolute atomic E-state index is 11.7. The van der Waals surface area contributed by atoms with Crippen molar-refractivity contribution in [2.75, 3.05) is 17.2 Å². The van der Waals surface area contributed by atoms with Crippen LogP contribution >= 0.6 is 24.2 Å². The average Bonchev–Trinajstić information content (AvgIpc) is 2.60. The van der Waals surface area contributed by atoms with Gasteiger partial charge in [0, 0.05) is 13.0 Å². The van der Waals surface area contributed by atoms with Crippen molar-refractivity contribution in [3.05, 3.63) is 29.3 Å². The number of thiol groups is 1. The molecular formula is C11H12ClNOS. The van der Waals surface area contributed by atoms with Gasteiger partial charge >= 0.3 is 0 Å². The molecule has 1 aliphatic heterocycles. The van der Waals surface area contributed by atoms with E-state index in [0.29, 0.717) is 17.4 Å². The Balaban J connectivity index is 2.25. The lowest BCUT2D eigenvalue weighted by Gasteiger charge is -2.17. The number of carbonyl (C=O) groups is 1. The first-order valence-corrected chi connectivity index (χ1v) is 5.89. The summed E-state index contributed by atoms with van der Waals surface area (Å²) in [6.07, 6.45) is 0.578. The molecule has 0 spiro atoms. The minimum Gasteiger partial charge on any atom is -0.311 e. The van der Waals surface area contributed by atoms with Crippen LogP contribution in [0.15, 0.2) is 24.3 Å². The van der Waals surface area contributed by atoms with Gasteiger partial charge in [-0.05, 0) is 23.8 Å². The summed E-state index contributed by atoms with van der Waals surface area (Å²) in [5.74, 6) is 1.23. The third kappa shape index (κ3) is 2.13. The van der Waals surface area contributed by atoms with E-state index in [1.807, 2.05) is 18.2 Å². The van der Waals surface area contributed by atoms with Gasteiger partial charge in [0.15, 0.2) is 0 Å². The van der Waals surface area contributed by atoms with E-state index < -0.39 is 0 Å². The topological polar surface area (TPSA) is 20.3 Å². The molecule has 1 aromatic rings. The first-order chi connectivity index (χ1) is 7.22. The summed E-state index contributed by atoms with van der Waals surface area (Å²) in [6, 6.07) is 7.43. The summed E-state index contributed by atoms with van der Waals surface area (Å²) in [5.41, 5.74) is 0.813. The molecule has 1 amide bonds. The lowest BCUT2D eigenvalue weighted by Crippen LogP contribution is -2.24. The van der Waals surface area contributed by atoms with Crippen LogP contribution in [0.3, 0.4) is 0 Å². The van der Waals surface area contributed by atoms with Crippen LogP contribution in [0.5, 0.6) is 0 Å². The predicted octanol–water partition coefficient (Wildman–Crippen LogP) is 2.62. The molecule has 15 heavy (non-hydrogen) atoms. The summed E-state index contributed by atoms with van der Waals surface area (Å²) in [5, 5.41) is 0.630. The molecule has 1 heterocycles. The molecule has 0 radical (unpaired) electrons. The fraction of sp³-hybridized carbons (Fsp3) is 0.364. The van der Waals surface area contributed by atoms with Crippen LogP contribution in [0.2, 0.25) is 5.02 Å². The molecule has 0 aliphatic carbocycles. The molecule has 0 bridgehead atoms. The Bertz CT molecular complexity index is 383. The van der Waals surface area contributed by atoms with E-state index in [9.17, 15) is 4.79 Å². The van der Waals surface area contributed by atoms with Gasteiger partial charge in [0.1, 0.15) is 0 Å². The maximum atomic E-state index is 11.7. The van der Waals surface area contributed by atoms with E-state index in [0.717, 1.165) is 18.0 Å². The zero-order valence-electron chi connectivity index (χ0n) is 8.19. The van der Waals surface area contributed by atoms with Crippen molar-refractivity contribution >= 4 is 35.8 Å². The van der Waals surface area contributed by atoms with Gasteiger partial charge in [0.25, 0.3) is 0 Å². The van der Waals surface area contributed by atoms with Gasteiger partial charge in [0.2, 0.25) is 5.91 Å². The van der Waals surface area contributed by atoms with Gasteiger partial charge in [-0.2, -0.15) is 12.6 Å². The van der Waals surface area contributed by atoms with Crippen LogP contribution in [0.1, 0.15) is 6.42 Å². The van der Waals surface area contributed by atoms with Crippen LogP contribution in [0.25, 0.3) is 0 Å². The van der Waals surface area contributed by atoms with Crippen molar-refractivity contribution < 1.29 is 4.79 Å². The quantitative estimate of drug-likeness (QED) is 0.790. The summed E-state index contributed by atoms with van der Waals surface area (Å²) in [4.78, 5) is 13.5. The van der Waals surface area contributed by atoms with Crippen molar-refractivity contribution in [3.8, 4) is 0 Å². The Labute approximate surface area is 99.6 Å². The lowest BCUT2D eigenvalue weighted by atomic mass is 10.1. The average molecular weight is 242 g/mol.